The third-order valence-electron chi connectivity index (χ3n) is 6.95. The van der Waals surface area contributed by atoms with Gasteiger partial charge in [-0.3, -0.25) is 13.9 Å². The molecule has 1 unspecified atom stereocenters. The highest BCUT2D eigenvalue weighted by Crippen LogP contribution is 2.27. The fraction of sp³-hybridized carbons (Fsp3) is 0.500. The molecular formula is C28H38ClN3O5S. The number of rotatable bonds is 12. The van der Waals surface area contributed by atoms with E-state index in [0.29, 0.717) is 16.5 Å². The molecule has 0 radical (unpaired) electrons. The van der Waals surface area contributed by atoms with Crippen LogP contribution in [0.25, 0.3) is 0 Å². The molecule has 38 heavy (non-hydrogen) atoms. The van der Waals surface area contributed by atoms with Crippen molar-refractivity contribution in [1.29, 1.82) is 0 Å². The van der Waals surface area contributed by atoms with Gasteiger partial charge in [0.2, 0.25) is 21.8 Å². The third-order valence-corrected chi connectivity index (χ3v) is 8.36. The van der Waals surface area contributed by atoms with E-state index in [-0.39, 0.29) is 43.8 Å². The number of sulfonamides is 1. The molecule has 1 aliphatic rings. The van der Waals surface area contributed by atoms with E-state index in [9.17, 15) is 18.0 Å². The summed E-state index contributed by atoms with van der Waals surface area (Å²) in [5, 5.41) is 3.52. The number of benzene rings is 2. The zero-order valence-corrected chi connectivity index (χ0v) is 24.1. The summed E-state index contributed by atoms with van der Waals surface area (Å²) < 4.78 is 31.8. The molecule has 208 valence electrons. The summed E-state index contributed by atoms with van der Waals surface area (Å²) in [7, 11) is -2.02. The number of hydrogen-bond donors (Lipinski definition) is 1. The highest BCUT2D eigenvalue weighted by molar-refractivity contribution is 7.92. The number of amides is 2. The molecule has 1 saturated carbocycles. The molecule has 2 aromatic carbocycles. The quantitative estimate of drug-likeness (QED) is 0.404. The largest absolute Gasteiger partial charge is 0.497 e. The lowest BCUT2D eigenvalue weighted by atomic mass is 10.1. The van der Waals surface area contributed by atoms with Gasteiger partial charge in [0.25, 0.3) is 0 Å². The molecule has 8 nitrogen and oxygen atoms in total. The van der Waals surface area contributed by atoms with Crippen LogP contribution in [0.15, 0.2) is 42.5 Å². The number of carbonyl (C=O) groups excluding carboxylic acids is 2. The summed E-state index contributed by atoms with van der Waals surface area (Å²) in [6.07, 6.45) is 5.59. The van der Waals surface area contributed by atoms with E-state index in [1.54, 1.807) is 37.1 Å². The summed E-state index contributed by atoms with van der Waals surface area (Å²) in [5.41, 5.74) is 2.10. The Kier molecular flexibility index (Phi) is 10.4. The van der Waals surface area contributed by atoms with Gasteiger partial charge < -0.3 is 15.0 Å². The van der Waals surface area contributed by atoms with Crippen molar-refractivity contribution in [2.75, 3.05) is 24.2 Å². The molecule has 1 N–H and O–H groups in total. The smallest absolute Gasteiger partial charge is 0.242 e. The first-order valence-corrected chi connectivity index (χ1v) is 15.2. The van der Waals surface area contributed by atoms with E-state index in [1.165, 1.54) is 4.31 Å². The Morgan fingerprint density at radius 3 is 2.53 bits per heavy atom. The Morgan fingerprint density at radius 1 is 1.16 bits per heavy atom. The normalized spacial score (nSPS) is 14.7. The highest BCUT2D eigenvalue weighted by atomic mass is 35.5. The first-order valence-electron chi connectivity index (χ1n) is 13.0. The second kappa shape index (κ2) is 13.3. The standard InChI is InChI=1S/C28H38ClN3O5S/c1-20-14-15-23(29)18-26(20)32(38(4,35)36)16-8-13-27(33)31(19-22-9-7-12-25(17-22)37-3)21(2)28(34)30-24-10-5-6-11-24/h7,9,12,14-15,17-18,21,24H,5-6,8,10-11,13,16,19H2,1-4H3,(H,30,34). The lowest BCUT2D eigenvalue weighted by molar-refractivity contribution is -0.141. The molecule has 0 saturated heterocycles. The Bertz CT molecular complexity index is 1230. The lowest BCUT2D eigenvalue weighted by Crippen LogP contribution is -2.49. The maximum Gasteiger partial charge on any atom is 0.242 e. The van der Waals surface area contributed by atoms with Gasteiger partial charge in [-0.2, -0.15) is 0 Å². The van der Waals surface area contributed by atoms with Gasteiger partial charge in [-0.05, 0) is 68.5 Å². The minimum Gasteiger partial charge on any atom is -0.497 e. The summed E-state index contributed by atoms with van der Waals surface area (Å²) >= 11 is 6.13. The monoisotopic (exact) mass is 563 g/mol. The predicted octanol–water partition coefficient (Wildman–Crippen LogP) is 4.68. The number of methoxy groups -OCH3 is 1. The highest BCUT2D eigenvalue weighted by Gasteiger charge is 2.29. The van der Waals surface area contributed by atoms with Gasteiger partial charge in [0.05, 0.1) is 19.1 Å². The second-order valence-corrected chi connectivity index (χ2v) is 12.3. The van der Waals surface area contributed by atoms with Crippen LogP contribution in [0.4, 0.5) is 5.69 Å². The minimum absolute atomic E-state index is 0.0800. The average Bonchev–Trinajstić information content (AvgIpc) is 3.38. The van der Waals surface area contributed by atoms with Gasteiger partial charge >= 0.3 is 0 Å². The zero-order chi connectivity index (χ0) is 27.9. The lowest BCUT2D eigenvalue weighted by Gasteiger charge is -2.30. The van der Waals surface area contributed by atoms with E-state index < -0.39 is 16.1 Å². The molecule has 0 spiro atoms. The number of ether oxygens (including phenoxy) is 1. The van der Waals surface area contributed by atoms with E-state index in [2.05, 4.69) is 5.32 Å². The molecule has 1 fully saturated rings. The van der Waals surface area contributed by atoms with Gasteiger partial charge in [0, 0.05) is 30.6 Å². The van der Waals surface area contributed by atoms with Crippen molar-refractivity contribution in [1.82, 2.24) is 10.2 Å². The van der Waals surface area contributed by atoms with Crippen LogP contribution in [0.3, 0.4) is 0 Å². The molecule has 0 heterocycles. The molecule has 1 atom stereocenters. The van der Waals surface area contributed by atoms with Crippen LogP contribution in [0, 0.1) is 6.92 Å². The fourth-order valence-corrected chi connectivity index (χ4v) is 5.96. The summed E-state index contributed by atoms with van der Waals surface area (Å²) in [6.45, 7) is 3.90. The average molecular weight is 564 g/mol. The molecule has 1 aliphatic carbocycles. The number of nitrogens with zero attached hydrogens (tertiary/aromatic N) is 2. The van der Waals surface area contributed by atoms with E-state index >= 15 is 0 Å². The van der Waals surface area contributed by atoms with Crippen molar-refractivity contribution < 1.29 is 22.7 Å². The number of hydrogen-bond acceptors (Lipinski definition) is 5. The second-order valence-electron chi connectivity index (χ2n) is 9.91. The third kappa shape index (κ3) is 8.11. The van der Waals surface area contributed by atoms with Gasteiger partial charge in [-0.1, -0.05) is 42.6 Å². The number of carbonyl (C=O) groups is 2. The molecule has 2 aromatic rings. The predicted molar refractivity (Wildman–Crippen MR) is 151 cm³/mol. The summed E-state index contributed by atoms with van der Waals surface area (Å²) in [5.74, 6) is 0.261. The Labute approximate surface area is 231 Å². The topological polar surface area (TPSA) is 96.0 Å². The molecule has 0 bridgehead atoms. The van der Waals surface area contributed by atoms with Gasteiger partial charge in [0.1, 0.15) is 11.8 Å². The maximum atomic E-state index is 13.5. The van der Waals surface area contributed by atoms with E-state index in [0.717, 1.165) is 43.1 Å². The van der Waals surface area contributed by atoms with E-state index in [1.807, 2.05) is 31.2 Å². The van der Waals surface area contributed by atoms with Crippen LogP contribution in [-0.2, 0) is 26.2 Å². The number of anilines is 1. The molecule has 0 aliphatic heterocycles. The van der Waals surface area contributed by atoms with Crippen LogP contribution in [0.5, 0.6) is 5.75 Å². The van der Waals surface area contributed by atoms with Crippen LogP contribution < -0.4 is 14.4 Å². The Balaban J connectivity index is 1.75. The molecule has 3 rings (SSSR count). The van der Waals surface area contributed by atoms with Crippen LogP contribution >= 0.6 is 11.6 Å². The zero-order valence-electron chi connectivity index (χ0n) is 22.6. The maximum absolute atomic E-state index is 13.5. The van der Waals surface area contributed by atoms with Gasteiger partial charge in [-0.25, -0.2) is 8.42 Å². The summed E-state index contributed by atoms with van der Waals surface area (Å²) in [6, 6.07) is 11.9. The van der Waals surface area contributed by atoms with Gasteiger partial charge in [-0.15, -0.1) is 0 Å². The van der Waals surface area contributed by atoms with Crippen LogP contribution in [0.1, 0.15) is 56.6 Å². The number of halogens is 1. The molecular weight excluding hydrogens is 526 g/mol. The molecule has 2 amide bonds. The van der Waals surface area contributed by atoms with Crippen molar-refractivity contribution in [3.63, 3.8) is 0 Å². The number of aryl methyl sites for hydroxylation is 1. The van der Waals surface area contributed by atoms with Crippen molar-refractivity contribution in [2.45, 2.75) is 71.0 Å². The number of nitrogens with one attached hydrogen (secondary N) is 1. The SMILES string of the molecule is COc1cccc(CN(C(=O)CCCN(c2cc(Cl)ccc2C)S(C)(=O)=O)C(C)C(=O)NC2CCCC2)c1. The van der Waals surface area contributed by atoms with Crippen LogP contribution in [0.2, 0.25) is 5.02 Å². The fourth-order valence-electron chi connectivity index (χ4n) is 4.78. The van der Waals surface area contributed by atoms with E-state index in [4.69, 9.17) is 16.3 Å². The molecule has 0 aromatic heterocycles. The van der Waals surface area contributed by atoms with Crippen molar-refractivity contribution in [2.24, 2.45) is 0 Å². The Morgan fingerprint density at radius 2 is 1.87 bits per heavy atom. The summed E-state index contributed by atoms with van der Waals surface area (Å²) in [4.78, 5) is 28.2. The first kappa shape index (κ1) is 29.8. The molecule has 10 heteroatoms. The Hall–Kier alpha value is -2.78. The van der Waals surface area contributed by atoms with Gasteiger partial charge in [0.15, 0.2) is 0 Å². The first-order chi connectivity index (χ1) is 18.0. The minimum atomic E-state index is -3.60. The van der Waals surface area contributed by atoms with Crippen molar-refractivity contribution >= 4 is 39.1 Å². The van der Waals surface area contributed by atoms with Crippen molar-refractivity contribution in [3.05, 3.63) is 58.6 Å². The van der Waals surface area contributed by atoms with Crippen LogP contribution in [-0.4, -0.2) is 57.1 Å². The van der Waals surface area contributed by atoms with Crippen molar-refractivity contribution in [3.8, 4) is 5.75 Å².